The first kappa shape index (κ1) is 23.1. The van der Waals surface area contributed by atoms with Crippen LogP contribution in [-0.2, 0) is 4.74 Å². The summed E-state index contributed by atoms with van der Waals surface area (Å²) in [5.41, 5.74) is 3.58. The van der Waals surface area contributed by atoms with Gasteiger partial charge in [0.05, 0.1) is 0 Å². The molecule has 1 unspecified atom stereocenters. The first-order valence-corrected chi connectivity index (χ1v) is 11.6. The highest BCUT2D eigenvalue weighted by atomic mass is 16.6. The molecular weight excluding hydrogens is 414 g/mol. The van der Waals surface area contributed by atoms with E-state index in [1.165, 1.54) is 5.56 Å². The topological polar surface area (TPSA) is 65.6 Å². The van der Waals surface area contributed by atoms with Gasteiger partial charge in [0.15, 0.2) is 0 Å². The second-order valence-electron chi connectivity index (χ2n) is 9.85. The predicted molar refractivity (Wildman–Crippen MR) is 133 cm³/mol. The molecule has 1 amide bonds. The molecule has 0 bridgehead atoms. The standard InChI is InChI=1S/C27H33N3O3/c1-18-7-6-8-22-23(18)17-24(28-25(22)31)21-11-9-20(10-12-21)19(2)29-13-15-30(16-14-29)26(32)33-27(3,4)5/h6-12,17,19H,13-16H2,1-5H3,(H,28,31). The molecule has 2 aromatic carbocycles. The molecule has 174 valence electrons. The molecule has 1 atom stereocenters. The van der Waals surface area contributed by atoms with Gasteiger partial charge < -0.3 is 14.6 Å². The van der Waals surface area contributed by atoms with Gasteiger partial charge in [-0.25, -0.2) is 4.79 Å². The Kier molecular flexibility index (Phi) is 6.30. The van der Waals surface area contributed by atoms with E-state index in [-0.39, 0.29) is 17.7 Å². The lowest BCUT2D eigenvalue weighted by molar-refractivity contribution is 0.0110. The number of pyridine rings is 1. The number of rotatable bonds is 3. The zero-order valence-corrected chi connectivity index (χ0v) is 20.1. The molecule has 0 saturated carbocycles. The number of carbonyl (C=O) groups excluding carboxylic acids is 1. The highest BCUT2D eigenvalue weighted by Crippen LogP contribution is 2.26. The summed E-state index contributed by atoms with van der Waals surface area (Å²) < 4.78 is 5.50. The summed E-state index contributed by atoms with van der Waals surface area (Å²) in [6.07, 6.45) is -0.237. The van der Waals surface area contributed by atoms with E-state index < -0.39 is 5.60 Å². The van der Waals surface area contributed by atoms with Gasteiger partial charge in [0.25, 0.3) is 5.56 Å². The van der Waals surface area contributed by atoms with Crippen molar-refractivity contribution < 1.29 is 9.53 Å². The van der Waals surface area contributed by atoms with Crippen LogP contribution in [0.4, 0.5) is 4.79 Å². The van der Waals surface area contributed by atoms with Crippen molar-refractivity contribution in [2.75, 3.05) is 26.2 Å². The molecule has 1 fully saturated rings. The molecule has 0 spiro atoms. The Balaban J connectivity index is 1.45. The van der Waals surface area contributed by atoms with E-state index in [2.05, 4.69) is 47.1 Å². The van der Waals surface area contributed by atoms with Crippen molar-refractivity contribution >= 4 is 16.9 Å². The largest absolute Gasteiger partial charge is 0.444 e. The lowest BCUT2D eigenvalue weighted by Gasteiger charge is -2.38. The highest BCUT2D eigenvalue weighted by molar-refractivity contribution is 5.87. The van der Waals surface area contributed by atoms with Crippen molar-refractivity contribution in [3.05, 3.63) is 70.0 Å². The Morgan fingerprint density at radius 3 is 2.30 bits per heavy atom. The number of aromatic amines is 1. The van der Waals surface area contributed by atoms with Gasteiger partial charge in [-0.1, -0.05) is 36.4 Å². The van der Waals surface area contributed by atoms with Crippen LogP contribution < -0.4 is 5.56 Å². The van der Waals surface area contributed by atoms with Crippen LogP contribution in [0.5, 0.6) is 0 Å². The summed E-state index contributed by atoms with van der Waals surface area (Å²) in [6.45, 7) is 12.8. The zero-order chi connectivity index (χ0) is 23.8. The molecule has 1 aliphatic rings. The highest BCUT2D eigenvalue weighted by Gasteiger charge is 2.28. The van der Waals surface area contributed by atoms with Crippen LogP contribution in [0.15, 0.2) is 53.3 Å². The fraction of sp³-hybridized carbons (Fsp3) is 0.407. The molecule has 1 aliphatic heterocycles. The van der Waals surface area contributed by atoms with Crippen LogP contribution >= 0.6 is 0 Å². The van der Waals surface area contributed by atoms with Crippen molar-refractivity contribution in [2.45, 2.75) is 46.3 Å². The van der Waals surface area contributed by atoms with Crippen LogP contribution in [-0.4, -0.2) is 52.7 Å². The Labute approximate surface area is 195 Å². The number of H-pyrrole nitrogens is 1. The second-order valence-corrected chi connectivity index (χ2v) is 9.85. The third kappa shape index (κ3) is 5.11. The average molecular weight is 448 g/mol. The minimum atomic E-state index is -0.475. The fourth-order valence-electron chi connectivity index (χ4n) is 4.37. The van der Waals surface area contributed by atoms with Crippen molar-refractivity contribution in [1.82, 2.24) is 14.8 Å². The number of ether oxygens (including phenoxy) is 1. The summed E-state index contributed by atoms with van der Waals surface area (Å²) >= 11 is 0. The van der Waals surface area contributed by atoms with Gasteiger partial charge in [-0.2, -0.15) is 0 Å². The number of benzene rings is 2. The van der Waals surface area contributed by atoms with E-state index in [0.717, 1.165) is 40.7 Å². The van der Waals surface area contributed by atoms with Crippen molar-refractivity contribution in [3.63, 3.8) is 0 Å². The molecule has 3 aromatic rings. The van der Waals surface area contributed by atoms with Gasteiger partial charge in [-0.15, -0.1) is 0 Å². The van der Waals surface area contributed by atoms with E-state index in [0.29, 0.717) is 13.1 Å². The maximum atomic E-state index is 12.6. The first-order chi connectivity index (χ1) is 15.6. The van der Waals surface area contributed by atoms with E-state index in [1.54, 1.807) is 4.90 Å². The fourth-order valence-corrected chi connectivity index (χ4v) is 4.37. The quantitative estimate of drug-likeness (QED) is 0.605. The Bertz CT molecular complexity index is 1200. The average Bonchev–Trinajstić information content (AvgIpc) is 2.78. The molecule has 0 aliphatic carbocycles. The Hall–Kier alpha value is -3.12. The molecule has 1 N–H and O–H groups in total. The number of piperazine rings is 1. The minimum absolute atomic E-state index is 0.0634. The number of amides is 1. The van der Waals surface area contributed by atoms with Crippen molar-refractivity contribution in [1.29, 1.82) is 0 Å². The lowest BCUT2D eigenvalue weighted by atomic mass is 10.0. The number of fused-ring (bicyclic) bond motifs is 1. The molecule has 6 nitrogen and oxygen atoms in total. The van der Waals surface area contributed by atoms with E-state index in [1.807, 2.05) is 45.9 Å². The monoisotopic (exact) mass is 447 g/mol. The molecule has 0 radical (unpaired) electrons. The maximum absolute atomic E-state index is 12.6. The van der Waals surface area contributed by atoms with Crippen molar-refractivity contribution in [2.24, 2.45) is 0 Å². The minimum Gasteiger partial charge on any atom is -0.444 e. The normalized spacial score (nSPS) is 16.1. The number of aromatic nitrogens is 1. The smallest absolute Gasteiger partial charge is 0.410 e. The third-order valence-electron chi connectivity index (χ3n) is 6.32. The molecule has 2 heterocycles. The second kappa shape index (κ2) is 9.02. The predicted octanol–water partition coefficient (Wildman–Crippen LogP) is 5.12. The van der Waals surface area contributed by atoms with Crippen LogP contribution in [0.3, 0.4) is 0 Å². The summed E-state index contributed by atoms with van der Waals surface area (Å²) in [5.74, 6) is 0. The number of nitrogens with one attached hydrogen (secondary N) is 1. The summed E-state index contributed by atoms with van der Waals surface area (Å²) in [4.78, 5) is 32.1. The number of hydrogen-bond donors (Lipinski definition) is 1. The Morgan fingerprint density at radius 2 is 1.67 bits per heavy atom. The molecular formula is C27H33N3O3. The van der Waals surface area contributed by atoms with Gasteiger partial charge in [-0.3, -0.25) is 9.69 Å². The van der Waals surface area contributed by atoms with Crippen LogP contribution in [0.25, 0.3) is 22.0 Å². The van der Waals surface area contributed by atoms with Gasteiger partial charge >= 0.3 is 6.09 Å². The Morgan fingerprint density at radius 1 is 1.00 bits per heavy atom. The molecule has 4 rings (SSSR count). The van der Waals surface area contributed by atoms with Crippen LogP contribution in [0.2, 0.25) is 0 Å². The van der Waals surface area contributed by atoms with Crippen LogP contribution in [0.1, 0.15) is 44.9 Å². The van der Waals surface area contributed by atoms with Gasteiger partial charge in [0.1, 0.15) is 5.60 Å². The number of nitrogens with zero attached hydrogens (tertiary/aromatic N) is 2. The summed E-state index contributed by atoms with van der Waals surface area (Å²) in [7, 11) is 0. The molecule has 1 aromatic heterocycles. The van der Waals surface area contributed by atoms with E-state index >= 15 is 0 Å². The molecule has 6 heteroatoms. The van der Waals surface area contributed by atoms with E-state index in [4.69, 9.17) is 4.74 Å². The summed E-state index contributed by atoms with van der Waals surface area (Å²) in [5, 5.41) is 1.70. The number of hydrogen-bond acceptors (Lipinski definition) is 4. The van der Waals surface area contributed by atoms with Gasteiger partial charge in [-0.05, 0) is 68.8 Å². The zero-order valence-electron chi connectivity index (χ0n) is 20.1. The first-order valence-electron chi connectivity index (χ1n) is 11.6. The third-order valence-corrected chi connectivity index (χ3v) is 6.32. The SMILES string of the molecule is Cc1cccc2c(=O)[nH]c(-c3ccc(C(C)N4CCN(C(=O)OC(C)(C)C)CC4)cc3)cc12. The molecule has 1 saturated heterocycles. The van der Waals surface area contributed by atoms with Crippen LogP contribution in [0, 0.1) is 6.92 Å². The molecule has 33 heavy (non-hydrogen) atoms. The van der Waals surface area contributed by atoms with Crippen molar-refractivity contribution in [3.8, 4) is 11.3 Å². The lowest BCUT2D eigenvalue weighted by Crippen LogP contribution is -2.50. The summed E-state index contributed by atoms with van der Waals surface area (Å²) in [6, 6.07) is 16.5. The van der Waals surface area contributed by atoms with Gasteiger partial charge in [0, 0.05) is 43.3 Å². The van der Waals surface area contributed by atoms with Gasteiger partial charge in [0.2, 0.25) is 0 Å². The number of carbonyl (C=O) groups is 1. The van der Waals surface area contributed by atoms with E-state index in [9.17, 15) is 9.59 Å². The maximum Gasteiger partial charge on any atom is 0.410 e. The number of aryl methyl sites for hydroxylation is 1.